The predicted molar refractivity (Wildman–Crippen MR) is 69.7 cm³/mol. The van der Waals surface area contributed by atoms with Crippen molar-refractivity contribution in [3.63, 3.8) is 0 Å². The zero-order chi connectivity index (χ0) is 13.0. The third kappa shape index (κ3) is 1.59. The van der Waals surface area contributed by atoms with Crippen LogP contribution in [0.1, 0.15) is 28.8 Å². The maximum Gasteiger partial charge on any atom is 0.231 e. The number of carbonyl (C=O) groups is 1. The van der Waals surface area contributed by atoms with Crippen molar-refractivity contribution in [3.05, 3.63) is 29.5 Å². The molecule has 96 valence electrons. The van der Waals surface area contributed by atoms with Crippen molar-refractivity contribution in [1.82, 2.24) is 4.98 Å². The summed E-state index contributed by atoms with van der Waals surface area (Å²) < 4.78 is 10.7. The molecule has 4 rings (SSSR count). The fraction of sp³-hybridized carbons (Fsp3) is 0.333. The Labute approximate surface area is 110 Å². The zero-order valence-corrected chi connectivity index (χ0v) is 10.6. The standard InChI is InChI=1S/C15H13NO3/c1-8-10-4-13-14(19-7-18-13)5-12(10)16-6-11(8)15(17)9-2-3-9/h4-6,9H,2-3,7H2,1H3. The Morgan fingerprint density at radius 2 is 2.00 bits per heavy atom. The number of fused-ring (bicyclic) bond motifs is 2. The molecule has 0 radical (unpaired) electrons. The molecular weight excluding hydrogens is 242 g/mol. The quantitative estimate of drug-likeness (QED) is 0.774. The molecular formula is C15H13NO3. The first kappa shape index (κ1) is 10.8. The van der Waals surface area contributed by atoms with Crippen LogP contribution in [0.5, 0.6) is 11.5 Å². The second-order valence-electron chi connectivity index (χ2n) is 5.16. The summed E-state index contributed by atoms with van der Waals surface area (Å²) >= 11 is 0. The summed E-state index contributed by atoms with van der Waals surface area (Å²) in [5.41, 5.74) is 2.57. The molecule has 0 saturated heterocycles. The summed E-state index contributed by atoms with van der Waals surface area (Å²) in [4.78, 5) is 16.6. The van der Waals surface area contributed by atoms with Crippen LogP contribution in [0.15, 0.2) is 18.3 Å². The third-order valence-corrected chi connectivity index (χ3v) is 3.85. The maximum atomic E-state index is 12.2. The second-order valence-corrected chi connectivity index (χ2v) is 5.16. The van der Waals surface area contributed by atoms with Crippen LogP contribution in [0.2, 0.25) is 0 Å². The molecule has 0 bridgehead atoms. The van der Waals surface area contributed by atoms with E-state index in [9.17, 15) is 4.79 Å². The molecule has 0 atom stereocenters. The molecule has 1 fully saturated rings. The van der Waals surface area contributed by atoms with Gasteiger partial charge in [-0.25, -0.2) is 0 Å². The number of nitrogens with zero attached hydrogens (tertiary/aromatic N) is 1. The highest BCUT2D eigenvalue weighted by Crippen LogP contribution is 2.38. The number of ketones is 1. The molecule has 19 heavy (non-hydrogen) atoms. The van der Waals surface area contributed by atoms with Crippen LogP contribution in [0, 0.1) is 12.8 Å². The first-order valence-electron chi connectivity index (χ1n) is 6.47. The van der Waals surface area contributed by atoms with Crippen LogP contribution >= 0.6 is 0 Å². The van der Waals surface area contributed by atoms with E-state index in [1.165, 1.54) is 0 Å². The Morgan fingerprint density at radius 3 is 2.74 bits per heavy atom. The number of carbonyl (C=O) groups excluding carboxylic acids is 1. The Hall–Kier alpha value is -2.10. The Bertz CT molecular complexity index is 704. The summed E-state index contributed by atoms with van der Waals surface area (Å²) in [6, 6.07) is 3.79. The van der Waals surface area contributed by atoms with E-state index in [2.05, 4.69) is 4.98 Å². The van der Waals surface area contributed by atoms with Gasteiger partial charge in [0.05, 0.1) is 5.52 Å². The lowest BCUT2D eigenvalue weighted by molar-refractivity contribution is 0.0967. The minimum atomic E-state index is 0.215. The number of Topliss-reactive ketones (excluding diaryl/α,β-unsaturated/α-hetero) is 1. The van der Waals surface area contributed by atoms with Crippen molar-refractivity contribution in [2.24, 2.45) is 5.92 Å². The van der Waals surface area contributed by atoms with Crippen molar-refractivity contribution in [2.75, 3.05) is 6.79 Å². The van der Waals surface area contributed by atoms with Crippen molar-refractivity contribution in [2.45, 2.75) is 19.8 Å². The van der Waals surface area contributed by atoms with Gasteiger partial charge in [-0.15, -0.1) is 0 Å². The highest BCUT2D eigenvalue weighted by Gasteiger charge is 2.31. The first-order valence-corrected chi connectivity index (χ1v) is 6.47. The lowest BCUT2D eigenvalue weighted by Crippen LogP contribution is -2.05. The molecule has 0 unspecified atom stereocenters. The average molecular weight is 255 g/mol. The van der Waals surface area contributed by atoms with Gasteiger partial charge in [0.15, 0.2) is 17.3 Å². The third-order valence-electron chi connectivity index (χ3n) is 3.85. The summed E-state index contributed by atoms with van der Waals surface area (Å²) in [5.74, 6) is 1.89. The summed E-state index contributed by atoms with van der Waals surface area (Å²) in [5, 5.41) is 0.968. The van der Waals surface area contributed by atoms with Gasteiger partial charge in [0.2, 0.25) is 6.79 Å². The van der Waals surface area contributed by atoms with Crippen LogP contribution < -0.4 is 9.47 Å². The molecule has 0 spiro atoms. The number of hydrogen-bond acceptors (Lipinski definition) is 4. The minimum absolute atomic E-state index is 0.215. The molecule has 4 heteroatoms. The highest BCUT2D eigenvalue weighted by molar-refractivity contribution is 6.04. The molecule has 2 aromatic rings. The van der Waals surface area contributed by atoms with Crippen molar-refractivity contribution >= 4 is 16.7 Å². The van der Waals surface area contributed by atoms with Crippen molar-refractivity contribution in [1.29, 1.82) is 0 Å². The van der Waals surface area contributed by atoms with E-state index >= 15 is 0 Å². The maximum absolute atomic E-state index is 12.2. The van der Waals surface area contributed by atoms with Gasteiger partial charge >= 0.3 is 0 Å². The highest BCUT2D eigenvalue weighted by atomic mass is 16.7. The lowest BCUT2D eigenvalue weighted by atomic mass is 9.99. The van der Waals surface area contributed by atoms with Gasteiger partial charge in [0.1, 0.15) is 0 Å². The number of hydrogen-bond donors (Lipinski definition) is 0. The number of aromatic nitrogens is 1. The number of aryl methyl sites for hydroxylation is 1. The Morgan fingerprint density at radius 1 is 1.26 bits per heavy atom. The van der Waals surface area contributed by atoms with Crippen LogP contribution in [0.4, 0.5) is 0 Å². The fourth-order valence-electron chi connectivity index (χ4n) is 2.53. The monoisotopic (exact) mass is 255 g/mol. The Balaban J connectivity index is 1.91. The molecule has 1 aliphatic carbocycles. The van der Waals surface area contributed by atoms with Gasteiger partial charge in [0.25, 0.3) is 0 Å². The predicted octanol–water partition coefficient (Wildman–Crippen LogP) is 2.86. The number of rotatable bonds is 2. The second kappa shape index (κ2) is 3.70. The molecule has 1 aliphatic heterocycles. The molecule has 1 aromatic carbocycles. The molecule has 4 nitrogen and oxygen atoms in total. The van der Waals surface area contributed by atoms with E-state index in [-0.39, 0.29) is 18.5 Å². The smallest absolute Gasteiger partial charge is 0.231 e. The molecule has 0 amide bonds. The van der Waals surface area contributed by atoms with Crippen molar-refractivity contribution < 1.29 is 14.3 Å². The fourth-order valence-corrected chi connectivity index (χ4v) is 2.53. The molecule has 2 heterocycles. The van der Waals surface area contributed by atoms with Gasteiger partial charge in [0, 0.05) is 29.1 Å². The number of pyridine rings is 1. The van der Waals surface area contributed by atoms with Gasteiger partial charge in [-0.1, -0.05) is 0 Å². The molecule has 1 aromatic heterocycles. The van der Waals surface area contributed by atoms with Gasteiger partial charge in [-0.3, -0.25) is 9.78 Å². The number of benzene rings is 1. The molecule has 0 N–H and O–H groups in total. The SMILES string of the molecule is Cc1c(C(=O)C2CC2)cnc2cc3c(cc12)OCO3. The van der Waals surface area contributed by atoms with Gasteiger partial charge in [-0.05, 0) is 31.4 Å². The van der Waals surface area contributed by atoms with Gasteiger partial charge in [-0.2, -0.15) is 0 Å². The Kier molecular flexibility index (Phi) is 2.10. The van der Waals surface area contributed by atoms with Crippen LogP contribution in [-0.2, 0) is 0 Å². The van der Waals surface area contributed by atoms with Crippen LogP contribution in [-0.4, -0.2) is 17.6 Å². The van der Waals surface area contributed by atoms with Gasteiger partial charge < -0.3 is 9.47 Å². The van der Waals surface area contributed by atoms with Crippen LogP contribution in [0.3, 0.4) is 0 Å². The first-order chi connectivity index (χ1) is 9.24. The van der Waals surface area contributed by atoms with Crippen molar-refractivity contribution in [3.8, 4) is 11.5 Å². The van der Waals surface area contributed by atoms with Crippen LogP contribution in [0.25, 0.3) is 10.9 Å². The van der Waals surface area contributed by atoms with E-state index in [0.29, 0.717) is 0 Å². The van der Waals surface area contributed by atoms with E-state index in [1.54, 1.807) is 6.20 Å². The topological polar surface area (TPSA) is 48.4 Å². The summed E-state index contributed by atoms with van der Waals surface area (Å²) in [6.07, 6.45) is 3.72. The summed E-state index contributed by atoms with van der Waals surface area (Å²) in [7, 11) is 0. The zero-order valence-electron chi connectivity index (χ0n) is 10.6. The normalized spacial score (nSPS) is 16.9. The molecule has 1 saturated carbocycles. The summed E-state index contributed by atoms with van der Waals surface area (Å²) in [6.45, 7) is 2.22. The largest absolute Gasteiger partial charge is 0.454 e. The minimum Gasteiger partial charge on any atom is -0.454 e. The van der Waals surface area contributed by atoms with E-state index in [1.807, 2.05) is 19.1 Å². The van der Waals surface area contributed by atoms with E-state index in [0.717, 1.165) is 46.4 Å². The molecule has 2 aliphatic rings. The average Bonchev–Trinajstić information content (AvgIpc) is 3.16. The van der Waals surface area contributed by atoms with E-state index < -0.39 is 0 Å². The number of ether oxygens (including phenoxy) is 2. The lowest BCUT2D eigenvalue weighted by Gasteiger charge is -2.08. The van der Waals surface area contributed by atoms with E-state index in [4.69, 9.17) is 9.47 Å².